The summed E-state index contributed by atoms with van der Waals surface area (Å²) in [5.41, 5.74) is 0. The Morgan fingerprint density at radius 1 is 1.85 bits per heavy atom. The van der Waals surface area contributed by atoms with Crippen LogP contribution < -0.4 is 0 Å². The van der Waals surface area contributed by atoms with Gasteiger partial charge in [-0.1, -0.05) is 4.98 Å². The SMILES string of the molecule is O=[N+]([O-])c1nccn1CC(F)CO. The van der Waals surface area contributed by atoms with Crippen LogP contribution in [0.5, 0.6) is 0 Å². The molecule has 1 unspecified atom stereocenters. The first kappa shape index (κ1) is 9.59. The molecule has 0 aromatic carbocycles. The number of nitrogens with zero attached hydrogens (tertiary/aromatic N) is 3. The largest absolute Gasteiger partial charge is 0.434 e. The molecule has 72 valence electrons. The van der Waals surface area contributed by atoms with E-state index in [1.165, 1.54) is 12.4 Å². The quantitative estimate of drug-likeness (QED) is 0.538. The van der Waals surface area contributed by atoms with Crippen LogP contribution in [0.2, 0.25) is 0 Å². The first-order chi connectivity index (χ1) is 6.15. The molecule has 1 heterocycles. The standard InChI is InChI=1S/C6H8FN3O3/c7-5(4-11)3-9-2-1-8-6(9)10(12)13/h1-2,5,11H,3-4H2. The molecule has 1 aromatic rings. The molecule has 0 aliphatic rings. The van der Waals surface area contributed by atoms with Gasteiger partial charge in [0, 0.05) is 0 Å². The maximum Gasteiger partial charge on any atom is 0.434 e. The Morgan fingerprint density at radius 2 is 2.54 bits per heavy atom. The highest BCUT2D eigenvalue weighted by molar-refractivity contribution is 5.06. The van der Waals surface area contributed by atoms with Crippen LogP contribution in [0.1, 0.15) is 0 Å². The molecular formula is C6H8FN3O3. The van der Waals surface area contributed by atoms with Gasteiger partial charge in [0.05, 0.1) is 6.61 Å². The fourth-order valence-electron chi connectivity index (χ4n) is 0.887. The molecule has 7 heteroatoms. The summed E-state index contributed by atoms with van der Waals surface area (Å²) in [5, 5.41) is 18.7. The second-order valence-corrected chi connectivity index (χ2v) is 2.42. The highest BCUT2D eigenvalue weighted by Crippen LogP contribution is 2.08. The van der Waals surface area contributed by atoms with Gasteiger partial charge in [-0.15, -0.1) is 0 Å². The molecule has 13 heavy (non-hydrogen) atoms. The first-order valence-corrected chi connectivity index (χ1v) is 3.55. The van der Waals surface area contributed by atoms with E-state index >= 15 is 0 Å². The topological polar surface area (TPSA) is 81.2 Å². The van der Waals surface area contributed by atoms with Gasteiger partial charge in [0.15, 0.2) is 6.17 Å². The van der Waals surface area contributed by atoms with Crippen LogP contribution in [0, 0.1) is 10.1 Å². The minimum atomic E-state index is -1.51. The predicted octanol–water partition coefficient (Wildman–Crippen LogP) is 0.122. The van der Waals surface area contributed by atoms with Crippen molar-refractivity contribution in [3.8, 4) is 0 Å². The second kappa shape index (κ2) is 3.94. The minimum absolute atomic E-state index is 0.257. The third kappa shape index (κ3) is 2.22. The molecule has 0 amide bonds. The Kier molecular flexibility index (Phi) is 2.91. The van der Waals surface area contributed by atoms with E-state index < -0.39 is 23.7 Å². The fraction of sp³-hybridized carbons (Fsp3) is 0.500. The molecular weight excluding hydrogens is 181 g/mol. The van der Waals surface area contributed by atoms with Crippen molar-refractivity contribution in [1.82, 2.24) is 9.55 Å². The number of imidazole rings is 1. The molecule has 6 nitrogen and oxygen atoms in total. The number of nitro groups is 1. The number of rotatable bonds is 4. The van der Waals surface area contributed by atoms with Gasteiger partial charge in [0.2, 0.25) is 0 Å². The molecule has 0 bridgehead atoms. The van der Waals surface area contributed by atoms with E-state index in [2.05, 4.69) is 4.98 Å². The monoisotopic (exact) mass is 189 g/mol. The normalized spacial score (nSPS) is 12.8. The van der Waals surface area contributed by atoms with Crippen molar-refractivity contribution in [3.63, 3.8) is 0 Å². The molecule has 0 aliphatic heterocycles. The predicted molar refractivity (Wildman–Crippen MR) is 40.9 cm³/mol. The van der Waals surface area contributed by atoms with E-state index in [9.17, 15) is 14.5 Å². The van der Waals surface area contributed by atoms with E-state index in [-0.39, 0.29) is 6.54 Å². The Labute approximate surface area is 72.8 Å². The molecule has 0 fully saturated rings. The molecule has 1 rings (SSSR count). The van der Waals surface area contributed by atoms with Gasteiger partial charge in [0.25, 0.3) is 0 Å². The maximum atomic E-state index is 12.6. The summed E-state index contributed by atoms with van der Waals surface area (Å²) in [4.78, 5) is 13.0. The first-order valence-electron chi connectivity index (χ1n) is 3.55. The number of alkyl halides is 1. The highest BCUT2D eigenvalue weighted by atomic mass is 19.1. The number of aliphatic hydroxyl groups excluding tert-OH is 1. The Hall–Kier alpha value is -1.50. The van der Waals surface area contributed by atoms with Gasteiger partial charge in [-0.2, -0.15) is 0 Å². The lowest BCUT2D eigenvalue weighted by Crippen LogP contribution is -2.16. The van der Waals surface area contributed by atoms with Gasteiger partial charge in [-0.05, 0) is 4.92 Å². The summed E-state index contributed by atoms with van der Waals surface area (Å²) in [7, 11) is 0. The van der Waals surface area contributed by atoms with Crippen LogP contribution >= 0.6 is 0 Å². The number of hydrogen-bond donors (Lipinski definition) is 1. The average Bonchev–Trinajstić information content (AvgIpc) is 2.52. The Bertz CT molecular complexity index is 301. The zero-order chi connectivity index (χ0) is 9.84. The third-order valence-electron chi connectivity index (χ3n) is 1.45. The number of aliphatic hydroxyl groups is 1. The van der Waals surface area contributed by atoms with Crippen molar-refractivity contribution >= 4 is 5.95 Å². The van der Waals surface area contributed by atoms with E-state index in [0.29, 0.717) is 0 Å². The molecule has 0 saturated heterocycles. The molecule has 0 aliphatic carbocycles. The van der Waals surface area contributed by atoms with Crippen molar-refractivity contribution in [3.05, 3.63) is 22.5 Å². The molecule has 0 spiro atoms. The summed E-state index contributed by atoms with van der Waals surface area (Å²) in [6.45, 7) is -0.915. The molecule has 1 atom stereocenters. The van der Waals surface area contributed by atoms with Crippen molar-refractivity contribution < 1.29 is 14.4 Å². The van der Waals surface area contributed by atoms with E-state index in [1.807, 2.05) is 0 Å². The molecule has 1 aromatic heterocycles. The van der Waals surface area contributed by atoms with Gasteiger partial charge in [-0.25, -0.2) is 8.96 Å². The Balaban J connectivity index is 2.76. The van der Waals surface area contributed by atoms with E-state index in [0.717, 1.165) is 4.57 Å². The summed E-state index contributed by atoms with van der Waals surface area (Å²) < 4.78 is 13.7. The van der Waals surface area contributed by atoms with Gasteiger partial charge < -0.3 is 15.2 Å². The zero-order valence-electron chi connectivity index (χ0n) is 6.63. The van der Waals surface area contributed by atoms with Crippen molar-refractivity contribution in [2.24, 2.45) is 0 Å². The molecule has 0 saturated carbocycles. The zero-order valence-corrected chi connectivity index (χ0v) is 6.63. The van der Waals surface area contributed by atoms with Crippen LogP contribution in [0.25, 0.3) is 0 Å². The fourth-order valence-corrected chi connectivity index (χ4v) is 0.887. The lowest BCUT2D eigenvalue weighted by Gasteiger charge is -2.03. The average molecular weight is 189 g/mol. The number of halogens is 1. The summed E-state index contributed by atoms with van der Waals surface area (Å²) in [5.74, 6) is -0.420. The highest BCUT2D eigenvalue weighted by Gasteiger charge is 2.17. The number of aromatic nitrogens is 2. The van der Waals surface area contributed by atoms with Crippen LogP contribution in [0.4, 0.5) is 10.3 Å². The van der Waals surface area contributed by atoms with Crippen LogP contribution in [0.3, 0.4) is 0 Å². The van der Waals surface area contributed by atoms with Crippen LogP contribution in [-0.4, -0.2) is 32.4 Å². The van der Waals surface area contributed by atoms with Crippen LogP contribution in [0.15, 0.2) is 12.4 Å². The molecule has 0 radical (unpaired) electrons. The van der Waals surface area contributed by atoms with Gasteiger partial charge in [0.1, 0.15) is 18.9 Å². The van der Waals surface area contributed by atoms with E-state index in [4.69, 9.17) is 5.11 Å². The third-order valence-corrected chi connectivity index (χ3v) is 1.45. The van der Waals surface area contributed by atoms with Crippen molar-refractivity contribution in [2.75, 3.05) is 6.61 Å². The van der Waals surface area contributed by atoms with E-state index in [1.54, 1.807) is 0 Å². The molecule has 1 N–H and O–H groups in total. The number of hydrogen-bond acceptors (Lipinski definition) is 4. The van der Waals surface area contributed by atoms with Gasteiger partial charge >= 0.3 is 5.95 Å². The van der Waals surface area contributed by atoms with Crippen molar-refractivity contribution in [2.45, 2.75) is 12.7 Å². The Morgan fingerprint density at radius 3 is 3.08 bits per heavy atom. The minimum Gasteiger partial charge on any atom is -0.393 e. The second-order valence-electron chi connectivity index (χ2n) is 2.42. The summed E-state index contributed by atoms with van der Waals surface area (Å²) in [6, 6.07) is 0. The lowest BCUT2D eigenvalue weighted by atomic mass is 10.4. The smallest absolute Gasteiger partial charge is 0.393 e. The van der Waals surface area contributed by atoms with Gasteiger partial charge in [-0.3, -0.25) is 0 Å². The summed E-state index contributed by atoms with van der Waals surface area (Å²) >= 11 is 0. The lowest BCUT2D eigenvalue weighted by molar-refractivity contribution is -0.396. The maximum absolute atomic E-state index is 12.6. The van der Waals surface area contributed by atoms with Crippen LogP contribution in [-0.2, 0) is 6.54 Å². The summed E-state index contributed by atoms with van der Waals surface area (Å²) in [6.07, 6.45) is 0.996. The van der Waals surface area contributed by atoms with Crippen molar-refractivity contribution in [1.29, 1.82) is 0 Å².